The second-order valence-electron chi connectivity index (χ2n) is 3.19. The molecule has 1 rings (SSSR count). The second-order valence-corrected chi connectivity index (χ2v) is 3.19. The van der Waals surface area contributed by atoms with Crippen molar-refractivity contribution in [3.05, 3.63) is 23.5 Å². The lowest BCUT2D eigenvalue weighted by Crippen LogP contribution is -2.14. The predicted molar refractivity (Wildman–Crippen MR) is 51.0 cm³/mol. The Kier molecular flexibility index (Phi) is 4.24. The first-order valence-electron chi connectivity index (χ1n) is 4.65. The molecule has 0 fully saturated rings. The van der Waals surface area contributed by atoms with Gasteiger partial charge < -0.3 is 11.1 Å². The zero-order chi connectivity index (χ0) is 13.0. The molecular weight excluding hydrogens is 242 g/mol. The first kappa shape index (κ1) is 13.2. The van der Waals surface area contributed by atoms with Crippen LogP contribution in [0.15, 0.2) is 0 Å². The average molecular weight is 251 g/mol. The van der Waals surface area contributed by atoms with E-state index in [4.69, 9.17) is 5.73 Å². The number of carbonyl (C=O) groups is 1. The molecule has 0 aliphatic heterocycles. The Morgan fingerprint density at radius 2 is 1.71 bits per heavy atom. The number of nitrogens with two attached hydrogens (primary N) is 1. The van der Waals surface area contributed by atoms with Crippen molar-refractivity contribution < 1.29 is 22.4 Å². The molecule has 1 amide bonds. The number of hydrogen-bond acceptors (Lipinski definition) is 3. The van der Waals surface area contributed by atoms with Crippen molar-refractivity contribution in [1.29, 1.82) is 0 Å². The number of carbonyl (C=O) groups excluding carboxylic acids is 1. The SMILES string of the molecule is NC(=O)CCCNc1c(F)c(F)nc(F)c1F. The first-order valence-corrected chi connectivity index (χ1v) is 4.65. The Morgan fingerprint density at radius 1 is 1.18 bits per heavy atom. The molecule has 0 atom stereocenters. The van der Waals surface area contributed by atoms with E-state index in [9.17, 15) is 22.4 Å². The average Bonchev–Trinajstić information content (AvgIpc) is 2.25. The largest absolute Gasteiger partial charge is 0.380 e. The van der Waals surface area contributed by atoms with Gasteiger partial charge in [0.2, 0.25) is 17.5 Å². The summed E-state index contributed by atoms with van der Waals surface area (Å²) in [6.07, 6.45) is 0.173. The first-order chi connectivity index (χ1) is 7.93. The number of rotatable bonds is 5. The molecule has 8 heteroatoms. The van der Waals surface area contributed by atoms with E-state index in [0.29, 0.717) is 0 Å². The van der Waals surface area contributed by atoms with Gasteiger partial charge in [-0.25, -0.2) is 0 Å². The van der Waals surface area contributed by atoms with Crippen LogP contribution in [0.5, 0.6) is 0 Å². The van der Waals surface area contributed by atoms with E-state index in [-0.39, 0.29) is 19.4 Å². The van der Waals surface area contributed by atoms with E-state index >= 15 is 0 Å². The molecule has 0 saturated heterocycles. The Bertz CT molecular complexity index is 412. The molecule has 1 aromatic rings. The van der Waals surface area contributed by atoms with Gasteiger partial charge >= 0.3 is 0 Å². The number of anilines is 1. The lowest BCUT2D eigenvalue weighted by Gasteiger charge is -2.08. The van der Waals surface area contributed by atoms with E-state index in [1.165, 1.54) is 0 Å². The summed E-state index contributed by atoms with van der Waals surface area (Å²) in [6, 6.07) is 0. The maximum atomic E-state index is 13.0. The fraction of sp³-hybridized carbons (Fsp3) is 0.333. The van der Waals surface area contributed by atoms with Crippen LogP contribution in [0, 0.1) is 23.5 Å². The zero-order valence-corrected chi connectivity index (χ0v) is 8.57. The van der Waals surface area contributed by atoms with Crippen molar-refractivity contribution in [2.24, 2.45) is 5.73 Å². The number of pyridine rings is 1. The molecule has 0 aliphatic carbocycles. The maximum Gasteiger partial charge on any atom is 0.253 e. The highest BCUT2D eigenvalue weighted by atomic mass is 19.2. The summed E-state index contributed by atoms with van der Waals surface area (Å²) in [5.74, 6) is -7.27. The minimum Gasteiger partial charge on any atom is -0.380 e. The highest BCUT2D eigenvalue weighted by molar-refractivity contribution is 5.73. The van der Waals surface area contributed by atoms with Crippen molar-refractivity contribution in [2.75, 3.05) is 11.9 Å². The summed E-state index contributed by atoms with van der Waals surface area (Å²) < 4.78 is 51.4. The van der Waals surface area contributed by atoms with Gasteiger partial charge in [0.25, 0.3) is 11.9 Å². The number of hydrogen-bond donors (Lipinski definition) is 2. The Balaban J connectivity index is 2.73. The number of halogens is 4. The minimum absolute atomic E-state index is 0.00765. The van der Waals surface area contributed by atoms with Crippen molar-refractivity contribution in [2.45, 2.75) is 12.8 Å². The molecule has 0 saturated carbocycles. The Morgan fingerprint density at radius 3 is 2.18 bits per heavy atom. The monoisotopic (exact) mass is 251 g/mol. The van der Waals surface area contributed by atoms with Gasteiger partial charge in [-0.05, 0) is 6.42 Å². The Hall–Kier alpha value is -1.86. The summed E-state index contributed by atoms with van der Waals surface area (Å²) in [5.41, 5.74) is 3.89. The molecule has 1 heterocycles. The number of nitrogens with zero attached hydrogens (tertiary/aromatic N) is 1. The number of aromatic nitrogens is 1. The van der Waals surface area contributed by atoms with Crippen LogP contribution in [0.4, 0.5) is 23.2 Å². The van der Waals surface area contributed by atoms with Crippen LogP contribution in [-0.2, 0) is 4.79 Å². The normalized spacial score (nSPS) is 10.4. The molecule has 0 aromatic carbocycles. The molecule has 1 aromatic heterocycles. The van der Waals surface area contributed by atoms with Crippen LogP contribution >= 0.6 is 0 Å². The quantitative estimate of drug-likeness (QED) is 0.471. The van der Waals surface area contributed by atoms with E-state index in [0.717, 1.165) is 0 Å². The number of primary amides is 1. The third kappa shape index (κ3) is 3.30. The topological polar surface area (TPSA) is 68.0 Å². The van der Waals surface area contributed by atoms with E-state index in [2.05, 4.69) is 10.3 Å². The van der Waals surface area contributed by atoms with Gasteiger partial charge in [-0.15, -0.1) is 0 Å². The fourth-order valence-corrected chi connectivity index (χ4v) is 1.12. The summed E-state index contributed by atoms with van der Waals surface area (Å²) in [6.45, 7) is -0.0559. The van der Waals surface area contributed by atoms with Crippen molar-refractivity contribution >= 4 is 11.6 Å². The van der Waals surface area contributed by atoms with Gasteiger partial charge in [0, 0.05) is 13.0 Å². The van der Waals surface area contributed by atoms with Crippen LogP contribution in [0.25, 0.3) is 0 Å². The van der Waals surface area contributed by atoms with E-state index in [1.54, 1.807) is 0 Å². The van der Waals surface area contributed by atoms with Gasteiger partial charge in [0.15, 0.2) is 0 Å². The zero-order valence-electron chi connectivity index (χ0n) is 8.57. The molecule has 17 heavy (non-hydrogen) atoms. The van der Waals surface area contributed by atoms with Crippen molar-refractivity contribution in [3.63, 3.8) is 0 Å². The van der Waals surface area contributed by atoms with Crippen LogP contribution in [0.2, 0.25) is 0 Å². The summed E-state index contributed by atoms with van der Waals surface area (Å²) in [7, 11) is 0. The summed E-state index contributed by atoms with van der Waals surface area (Å²) >= 11 is 0. The summed E-state index contributed by atoms with van der Waals surface area (Å²) in [4.78, 5) is 12.8. The standard InChI is InChI=1S/C9H9F4N3O/c10-5-7(15-3-1-2-4(14)17)6(11)9(13)16-8(5)12/h1-3H2,(H2,14,17)(H,15,16). The highest BCUT2D eigenvalue weighted by Crippen LogP contribution is 2.21. The van der Waals surface area contributed by atoms with Crippen LogP contribution in [0.1, 0.15) is 12.8 Å². The van der Waals surface area contributed by atoms with Crippen LogP contribution < -0.4 is 11.1 Å². The minimum atomic E-state index is -1.73. The van der Waals surface area contributed by atoms with Gasteiger partial charge in [-0.1, -0.05) is 0 Å². The number of amides is 1. The van der Waals surface area contributed by atoms with Crippen molar-refractivity contribution in [1.82, 2.24) is 4.98 Å². The molecule has 4 nitrogen and oxygen atoms in total. The summed E-state index contributed by atoms with van der Waals surface area (Å²) in [5, 5.41) is 2.14. The molecule has 0 bridgehead atoms. The van der Waals surface area contributed by atoms with Gasteiger partial charge in [-0.3, -0.25) is 4.79 Å². The lowest BCUT2D eigenvalue weighted by molar-refractivity contribution is -0.118. The fourth-order valence-electron chi connectivity index (χ4n) is 1.12. The van der Waals surface area contributed by atoms with Gasteiger partial charge in [0.05, 0.1) is 0 Å². The molecule has 0 aliphatic rings. The smallest absolute Gasteiger partial charge is 0.253 e. The third-order valence-corrected chi connectivity index (χ3v) is 1.90. The highest BCUT2D eigenvalue weighted by Gasteiger charge is 2.20. The van der Waals surface area contributed by atoms with Gasteiger partial charge in [-0.2, -0.15) is 22.5 Å². The molecule has 0 radical (unpaired) electrons. The molecule has 94 valence electrons. The Labute approximate surface area is 93.8 Å². The van der Waals surface area contributed by atoms with E-state index < -0.39 is 35.1 Å². The molecule has 3 N–H and O–H groups in total. The predicted octanol–water partition coefficient (Wildman–Crippen LogP) is 1.32. The third-order valence-electron chi connectivity index (χ3n) is 1.90. The molecular formula is C9H9F4N3O. The van der Waals surface area contributed by atoms with Crippen LogP contribution in [0.3, 0.4) is 0 Å². The van der Waals surface area contributed by atoms with Crippen LogP contribution in [-0.4, -0.2) is 17.4 Å². The molecule has 0 spiro atoms. The van der Waals surface area contributed by atoms with Gasteiger partial charge in [0.1, 0.15) is 5.69 Å². The maximum absolute atomic E-state index is 13.0. The number of nitrogens with one attached hydrogen (secondary N) is 1. The molecule has 0 unspecified atom stereocenters. The lowest BCUT2D eigenvalue weighted by atomic mass is 10.3. The van der Waals surface area contributed by atoms with E-state index in [1.807, 2.05) is 0 Å². The second kappa shape index (κ2) is 5.46. The van der Waals surface area contributed by atoms with Crippen molar-refractivity contribution in [3.8, 4) is 0 Å².